The summed E-state index contributed by atoms with van der Waals surface area (Å²) < 4.78 is 16.4. The lowest BCUT2D eigenvalue weighted by atomic mass is 9.92. The van der Waals surface area contributed by atoms with Gasteiger partial charge in [0.25, 0.3) is 0 Å². The number of methoxy groups -OCH3 is 2. The molecular weight excluding hydrogens is 416 g/mol. The molecule has 2 atom stereocenters. The standard InChI is InChI=1S/C28H42O5/c1-5-21(17-23-11-13-25(29)27(19-23)31-3)9-7-15-33-16-8-10-22(6-2)18-24-12-14-26(30)28(20-24)32-4/h11-14,19-22,29-30H,5-10,15-18H2,1-4H3. The average molecular weight is 459 g/mol. The molecule has 2 aromatic rings. The zero-order valence-electron chi connectivity index (χ0n) is 20.8. The molecule has 184 valence electrons. The first-order valence-electron chi connectivity index (χ1n) is 12.3. The van der Waals surface area contributed by atoms with Crippen LogP contribution in [0.15, 0.2) is 36.4 Å². The van der Waals surface area contributed by atoms with Crippen LogP contribution in [0.5, 0.6) is 23.0 Å². The van der Waals surface area contributed by atoms with Crippen molar-refractivity contribution in [1.29, 1.82) is 0 Å². The van der Waals surface area contributed by atoms with Gasteiger partial charge in [-0.2, -0.15) is 0 Å². The topological polar surface area (TPSA) is 68.2 Å². The highest BCUT2D eigenvalue weighted by Crippen LogP contribution is 2.29. The van der Waals surface area contributed by atoms with Gasteiger partial charge in [0.2, 0.25) is 0 Å². The van der Waals surface area contributed by atoms with E-state index in [0.717, 1.165) is 64.6 Å². The van der Waals surface area contributed by atoms with Crippen molar-refractivity contribution in [2.24, 2.45) is 11.8 Å². The molecule has 0 aliphatic rings. The van der Waals surface area contributed by atoms with Crippen LogP contribution in [0, 0.1) is 11.8 Å². The first kappa shape index (κ1) is 26.8. The molecule has 0 amide bonds. The lowest BCUT2D eigenvalue weighted by Gasteiger charge is -2.17. The Morgan fingerprint density at radius 1 is 0.697 bits per heavy atom. The molecule has 5 heteroatoms. The summed E-state index contributed by atoms with van der Waals surface area (Å²) >= 11 is 0. The SMILES string of the molecule is CCC(CCCOCCCC(CC)Cc1ccc(O)c(OC)c1)Cc1ccc(O)c(OC)c1. The van der Waals surface area contributed by atoms with Gasteiger partial charge in [0.15, 0.2) is 23.0 Å². The van der Waals surface area contributed by atoms with Crippen LogP contribution in [-0.2, 0) is 17.6 Å². The predicted molar refractivity (Wildman–Crippen MR) is 134 cm³/mol. The van der Waals surface area contributed by atoms with E-state index >= 15 is 0 Å². The van der Waals surface area contributed by atoms with Crippen molar-refractivity contribution in [3.05, 3.63) is 47.5 Å². The van der Waals surface area contributed by atoms with Gasteiger partial charge in [0.1, 0.15) is 0 Å². The van der Waals surface area contributed by atoms with E-state index in [1.54, 1.807) is 26.4 Å². The number of rotatable bonds is 16. The Labute approximate surface area is 199 Å². The third-order valence-electron chi connectivity index (χ3n) is 6.49. The molecule has 0 spiro atoms. The van der Waals surface area contributed by atoms with E-state index < -0.39 is 0 Å². The van der Waals surface area contributed by atoms with E-state index in [-0.39, 0.29) is 11.5 Å². The molecule has 0 aromatic heterocycles. The highest BCUT2D eigenvalue weighted by Gasteiger charge is 2.12. The van der Waals surface area contributed by atoms with E-state index in [4.69, 9.17) is 14.2 Å². The van der Waals surface area contributed by atoms with Crippen LogP contribution < -0.4 is 9.47 Å². The smallest absolute Gasteiger partial charge is 0.160 e. The molecular formula is C28H42O5. The van der Waals surface area contributed by atoms with Gasteiger partial charge in [-0.3, -0.25) is 0 Å². The van der Waals surface area contributed by atoms with Gasteiger partial charge >= 0.3 is 0 Å². The van der Waals surface area contributed by atoms with Crippen LogP contribution in [0.1, 0.15) is 63.5 Å². The van der Waals surface area contributed by atoms with Crippen LogP contribution >= 0.6 is 0 Å². The molecule has 0 radical (unpaired) electrons. The van der Waals surface area contributed by atoms with Gasteiger partial charge < -0.3 is 24.4 Å². The normalized spacial score (nSPS) is 13.0. The van der Waals surface area contributed by atoms with Gasteiger partial charge in [-0.05, 0) is 85.8 Å². The Bertz CT molecular complexity index is 752. The molecule has 33 heavy (non-hydrogen) atoms. The summed E-state index contributed by atoms with van der Waals surface area (Å²) in [5, 5.41) is 19.5. The fraction of sp³-hybridized carbons (Fsp3) is 0.571. The maximum absolute atomic E-state index is 9.77. The van der Waals surface area contributed by atoms with Gasteiger partial charge in [-0.25, -0.2) is 0 Å². The van der Waals surface area contributed by atoms with E-state index in [1.165, 1.54) is 11.1 Å². The predicted octanol–water partition coefficient (Wildman–Crippen LogP) is 6.53. The molecule has 0 bridgehead atoms. The first-order valence-corrected chi connectivity index (χ1v) is 12.3. The molecule has 2 unspecified atom stereocenters. The Morgan fingerprint density at radius 2 is 1.12 bits per heavy atom. The third-order valence-corrected chi connectivity index (χ3v) is 6.49. The lowest BCUT2D eigenvalue weighted by molar-refractivity contribution is 0.119. The molecule has 2 rings (SSSR count). The van der Waals surface area contributed by atoms with Gasteiger partial charge in [-0.1, -0.05) is 38.8 Å². The van der Waals surface area contributed by atoms with Crippen molar-refractivity contribution in [3.63, 3.8) is 0 Å². The minimum Gasteiger partial charge on any atom is -0.504 e. The van der Waals surface area contributed by atoms with Crippen LogP contribution in [0.4, 0.5) is 0 Å². The second-order valence-corrected chi connectivity index (χ2v) is 8.87. The highest BCUT2D eigenvalue weighted by atomic mass is 16.5. The number of hydrogen-bond acceptors (Lipinski definition) is 5. The molecule has 0 fully saturated rings. The second kappa shape index (κ2) is 14.7. The molecule has 5 nitrogen and oxygen atoms in total. The maximum atomic E-state index is 9.77. The van der Waals surface area contributed by atoms with Crippen molar-refractivity contribution in [2.75, 3.05) is 27.4 Å². The zero-order chi connectivity index (χ0) is 24.1. The van der Waals surface area contributed by atoms with Crippen LogP contribution in [-0.4, -0.2) is 37.6 Å². The molecule has 0 saturated carbocycles. The second-order valence-electron chi connectivity index (χ2n) is 8.87. The quantitative estimate of drug-likeness (QED) is 0.280. The monoisotopic (exact) mass is 458 g/mol. The number of benzene rings is 2. The lowest BCUT2D eigenvalue weighted by Crippen LogP contribution is -2.08. The number of hydrogen-bond donors (Lipinski definition) is 2. The molecule has 2 aromatic carbocycles. The largest absolute Gasteiger partial charge is 0.504 e. The Hall–Kier alpha value is -2.40. The Morgan fingerprint density at radius 3 is 1.48 bits per heavy atom. The summed E-state index contributed by atoms with van der Waals surface area (Å²) in [6.07, 6.45) is 8.66. The van der Waals surface area contributed by atoms with E-state index in [1.807, 2.05) is 24.3 Å². The van der Waals surface area contributed by atoms with Gasteiger partial charge in [-0.15, -0.1) is 0 Å². The average Bonchev–Trinajstić information content (AvgIpc) is 2.83. The minimum atomic E-state index is 0.191. The summed E-state index contributed by atoms with van der Waals surface area (Å²) in [6, 6.07) is 11.3. The molecule has 2 N–H and O–H groups in total. The van der Waals surface area contributed by atoms with E-state index in [2.05, 4.69) is 13.8 Å². The van der Waals surface area contributed by atoms with Crippen molar-refractivity contribution in [3.8, 4) is 23.0 Å². The molecule has 0 heterocycles. The molecule has 0 aliphatic heterocycles. The van der Waals surface area contributed by atoms with Crippen molar-refractivity contribution in [1.82, 2.24) is 0 Å². The van der Waals surface area contributed by atoms with E-state index in [0.29, 0.717) is 23.3 Å². The highest BCUT2D eigenvalue weighted by molar-refractivity contribution is 5.42. The maximum Gasteiger partial charge on any atom is 0.160 e. The summed E-state index contributed by atoms with van der Waals surface area (Å²) in [6.45, 7) is 6.08. The third kappa shape index (κ3) is 9.17. The van der Waals surface area contributed by atoms with E-state index in [9.17, 15) is 10.2 Å². The number of aromatic hydroxyl groups is 2. The first-order chi connectivity index (χ1) is 16.0. The number of phenols is 2. The number of phenolic OH excluding ortho intramolecular Hbond substituents is 2. The van der Waals surface area contributed by atoms with Crippen LogP contribution in [0.25, 0.3) is 0 Å². The van der Waals surface area contributed by atoms with Gasteiger partial charge in [0, 0.05) is 13.2 Å². The molecule has 0 aliphatic carbocycles. The minimum absolute atomic E-state index is 0.191. The number of ether oxygens (including phenoxy) is 3. The van der Waals surface area contributed by atoms with Crippen molar-refractivity contribution >= 4 is 0 Å². The summed E-state index contributed by atoms with van der Waals surface area (Å²) in [5.74, 6) is 2.68. The van der Waals surface area contributed by atoms with Gasteiger partial charge in [0.05, 0.1) is 14.2 Å². The Kier molecular flexibility index (Phi) is 12.0. The fourth-order valence-electron chi connectivity index (χ4n) is 4.32. The molecule has 0 saturated heterocycles. The van der Waals surface area contributed by atoms with Crippen LogP contribution in [0.2, 0.25) is 0 Å². The fourth-order valence-corrected chi connectivity index (χ4v) is 4.32. The van der Waals surface area contributed by atoms with Crippen molar-refractivity contribution in [2.45, 2.75) is 65.2 Å². The van der Waals surface area contributed by atoms with Crippen molar-refractivity contribution < 1.29 is 24.4 Å². The van der Waals surface area contributed by atoms with Crippen LogP contribution in [0.3, 0.4) is 0 Å². The summed E-state index contributed by atoms with van der Waals surface area (Å²) in [7, 11) is 3.17. The Balaban J connectivity index is 1.63. The summed E-state index contributed by atoms with van der Waals surface area (Å²) in [5.41, 5.74) is 2.41. The zero-order valence-corrected chi connectivity index (χ0v) is 20.8. The summed E-state index contributed by atoms with van der Waals surface area (Å²) in [4.78, 5) is 0.